The highest BCUT2D eigenvalue weighted by Gasteiger charge is 2.62. The van der Waals surface area contributed by atoms with Crippen LogP contribution >= 0.6 is 0 Å². The van der Waals surface area contributed by atoms with Gasteiger partial charge in [0.25, 0.3) is 0 Å². The molecule has 1 saturated heterocycles. The molecule has 3 unspecified atom stereocenters. The Morgan fingerprint density at radius 3 is 2.14 bits per heavy atom. The molecule has 1 aliphatic carbocycles. The van der Waals surface area contributed by atoms with Gasteiger partial charge in [0.05, 0.1) is 19.3 Å². The topological polar surface area (TPSA) is 47.9 Å². The lowest BCUT2D eigenvalue weighted by Crippen LogP contribution is -2.62. The summed E-state index contributed by atoms with van der Waals surface area (Å²) in [6.07, 6.45) is 5.66. The fraction of sp³-hybridized carbons (Fsp3) is 1.00. The molecule has 2 aliphatic rings. The Hall–Kier alpha value is 0.0569. The number of aliphatic hydroxyl groups is 1. The minimum absolute atomic E-state index is 0.0890. The molecule has 1 N–H and O–H groups in total. The second-order valence-electron chi connectivity index (χ2n) is 11.2. The second kappa shape index (κ2) is 8.30. The number of ether oxygens (including phenoxy) is 2. The summed E-state index contributed by atoms with van der Waals surface area (Å²) in [5, 5.41) is 11.7. The summed E-state index contributed by atoms with van der Waals surface area (Å²) < 4.78 is 18.8. The third-order valence-electron chi connectivity index (χ3n) is 8.34. The first-order chi connectivity index (χ1) is 12.8. The van der Waals surface area contributed by atoms with Gasteiger partial charge in [0.1, 0.15) is 0 Å². The summed E-state index contributed by atoms with van der Waals surface area (Å²) in [6, 6.07) is 0. The Balaban J connectivity index is 2.12. The molecule has 1 spiro atoms. The van der Waals surface area contributed by atoms with E-state index in [-0.39, 0.29) is 16.6 Å². The highest BCUT2D eigenvalue weighted by Crippen LogP contribution is 2.58. The summed E-state index contributed by atoms with van der Waals surface area (Å²) in [4.78, 5) is 0. The molecule has 166 valence electrons. The van der Waals surface area contributed by atoms with Crippen LogP contribution in [0.2, 0.25) is 18.1 Å². The van der Waals surface area contributed by atoms with Gasteiger partial charge in [-0.1, -0.05) is 48.5 Å². The maximum atomic E-state index is 11.5. The van der Waals surface area contributed by atoms with Crippen molar-refractivity contribution in [3.63, 3.8) is 0 Å². The Labute approximate surface area is 174 Å². The first kappa shape index (κ1) is 24.3. The normalized spacial score (nSPS) is 31.3. The number of hydrogen-bond acceptors (Lipinski definition) is 4. The van der Waals surface area contributed by atoms with Crippen LogP contribution in [0.15, 0.2) is 0 Å². The van der Waals surface area contributed by atoms with Gasteiger partial charge >= 0.3 is 0 Å². The van der Waals surface area contributed by atoms with Gasteiger partial charge in [-0.15, -0.1) is 0 Å². The molecule has 28 heavy (non-hydrogen) atoms. The van der Waals surface area contributed by atoms with Gasteiger partial charge in [-0.05, 0) is 55.7 Å². The van der Waals surface area contributed by atoms with Gasteiger partial charge in [0.2, 0.25) is 0 Å². The second-order valence-corrected chi connectivity index (χ2v) is 16.0. The van der Waals surface area contributed by atoms with Crippen LogP contribution in [0.1, 0.15) is 87.0 Å². The van der Waals surface area contributed by atoms with Crippen molar-refractivity contribution in [3.05, 3.63) is 0 Å². The van der Waals surface area contributed by atoms with Gasteiger partial charge in [-0.25, -0.2) is 0 Å². The minimum atomic E-state index is -1.78. The molecule has 1 heterocycles. The molecule has 1 saturated carbocycles. The molecule has 1 aliphatic heterocycles. The number of rotatable bonds is 7. The van der Waals surface area contributed by atoms with E-state index in [1.807, 2.05) is 0 Å². The van der Waals surface area contributed by atoms with E-state index in [4.69, 9.17) is 13.9 Å². The molecule has 3 atom stereocenters. The average Bonchev–Trinajstić information content (AvgIpc) is 3.09. The fourth-order valence-corrected chi connectivity index (χ4v) is 6.49. The largest absolute Gasteiger partial charge is 0.414 e. The predicted octanol–water partition coefficient (Wildman–Crippen LogP) is 5.89. The molecule has 0 amide bonds. The third kappa shape index (κ3) is 4.25. The zero-order chi connectivity index (χ0) is 21.4. The van der Waals surface area contributed by atoms with E-state index in [9.17, 15) is 5.11 Å². The number of hydrogen-bond donors (Lipinski definition) is 1. The maximum absolute atomic E-state index is 11.5. The highest BCUT2D eigenvalue weighted by molar-refractivity contribution is 6.74. The molecule has 0 aromatic rings. The van der Waals surface area contributed by atoms with Gasteiger partial charge in [0, 0.05) is 17.9 Å². The minimum Gasteiger partial charge on any atom is -0.414 e. The quantitative estimate of drug-likeness (QED) is 0.528. The molecule has 0 aromatic carbocycles. The molecule has 5 heteroatoms. The summed E-state index contributed by atoms with van der Waals surface area (Å²) in [7, 11) is -1.78. The van der Waals surface area contributed by atoms with Gasteiger partial charge in [-0.3, -0.25) is 0 Å². The van der Waals surface area contributed by atoms with Crippen molar-refractivity contribution >= 4 is 8.32 Å². The van der Waals surface area contributed by atoms with E-state index in [1.54, 1.807) is 0 Å². The van der Waals surface area contributed by atoms with Crippen LogP contribution in [0.25, 0.3) is 0 Å². The molecule has 0 radical (unpaired) electrons. The highest BCUT2D eigenvalue weighted by atomic mass is 28.4. The maximum Gasteiger partial charge on any atom is 0.192 e. The van der Waals surface area contributed by atoms with E-state index < -0.39 is 25.6 Å². The predicted molar refractivity (Wildman–Crippen MR) is 118 cm³/mol. The zero-order valence-corrected chi connectivity index (χ0v) is 21.0. The van der Waals surface area contributed by atoms with Gasteiger partial charge in [-0.2, -0.15) is 0 Å². The molecular weight excluding hydrogens is 368 g/mol. The van der Waals surface area contributed by atoms with Crippen LogP contribution in [0, 0.1) is 10.8 Å². The van der Waals surface area contributed by atoms with Crippen LogP contribution in [0.4, 0.5) is 0 Å². The van der Waals surface area contributed by atoms with Crippen LogP contribution in [0.3, 0.4) is 0 Å². The van der Waals surface area contributed by atoms with Crippen LogP contribution in [-0.2, 0) is 13.9 Å². The van der Waals surface area contributed by atoms with E-state index in [2.05, 4.69) is 61.6 Å². The first-order valence-electron chi connectivity index (χ1n) is 11.4. The third-order valence-corrected chi connectivity index (χ3v) is 12.9. The van der Waals surface area contributed by atoms with Gasteiger partial charge < -0.3 is 19.0 Å². The summed E-state index contributed by atoms with van der Waals surface area (Å²) >= 11 is 0. The lowest BCUT2D eigenvalue weighted by Gasteiger charge is -2.57. The van der Waals surface area contributed by atoms with Crippen molar-refractivity contribution in [1.29, 1.82) is 0 Å². The zero-order valence-electron chi connectivity index (χ0n) is 20.0. The standard InChI is InChI=1S/C23H46O4Si/c1-10-18(27-28(8,9)20(3,4)5)12-13-22(11-2)14-15-23(25-16-17-26-23)21(6,7)19(22)24/h18-19,24H,10-17H2,1-9H3. The van der Waals surface area contributed by atoms with Crippen LogP contribution in [0.5, 0.6) is 0 Å². The summed E-state index contributed by atoms with van der Waals surface area (Å²) in [5.74, 6) is -0.618. The lowest BCUT2D eigenvalue weighted by atomic mass is 9.55. The van der Waals surface area contributed by atoms with E-state index in [0.717, 1.165) is 38.5 Å². The SMILES string of the molecule is CCC(CCC1(CC)CCC2(OCCO2)C(C)(C)C1O)O[Si](C)(C)C(C)(C)C. The average molecular weight is 415 g/mol. The monoisotopic (exact) mass is 414 g/mol. The molecule has 4 nitrogen and oxygen atoms in total. The van der Waals surface area contributed by atoms with Crippen molar-refractivity contribution in [2.75, 3.05) is 13.2 Å². The summed E-state index contributed by atoms with van der Waals surface area (Å²) in [5.41, 5.74) is -0.506. The van der Waals surface area contributed by atoms with Crippen LogP contribution < -0.4 is 0 Å². The summed E-state index contributed by atoms with van der Waals surface area (Å²) in [6.45, 7) is 21.5. The molecule has 2 rings (SSSR count). The van der Waals surface area contributed by atoms with Crippen molar-refractivity contribution in [1.82, 2.24) is 0 Å². The molecule has 0 aromatic heterocycles. The molecule has 0 bridgehead atoms. The van der Waals surface area contributed by atoms with E-state index >= 15 is 0 Å². The van der Waals surface area contributed by atoms with Crippen molar-refractivity contribution < 1.29 is 19.0 Å². The van der Waals surface area contributed by atoms with Gasteiger partial charge in [0.15, 0.2) is 14.1 Å². The van der Waals surface area contributed by atoms with Crippen molar-refractivity contribution in [3.8, 4) is 0 Å². The Morgan fingerprint density at radius 2 is 1.68 bits per heavy atom. The first-order valence-corrected chi connectivity index (χ1v) is 14.3. The van der Waals surface area contributed by atoms with E-state index in [1.165, 1.54) is 0 Å². The number of aliphatic hydroxyl groups excluding tert-OH is 1. The Kier molecular flexibility index (Phi) is 7.21. The fourth-order valence-electron chi connectivity index (χ4n) is 5.01. The Morgan fingerprint density at radius 1 is 1.11 bits per heavy atom. The van der Waals surface area contributed by atoms with Crippen LogP contribution in [-0.4, -0.2) is 44.6 Å². The molecule has 2 fully saturated rings. The van der Waals surface area contributed by atoms with E-state index in [0.29, 0.717) is 13.2 Å². The molecular formula is C23H46O4Si. The van der Waals surface area contributed by atoms with Crippen molar-refractivity contribution in [2.24, 2.45) is 10.8 Å². The smallest absolute Gasteiger partial charge is 0.192 e. The van der Waals surface area contributed by atoms with Crippen molar-refractivity contribution in [2.45, 2.75) is 123 Å². The Bertz CT molecular complexity index is 519. The lowest BCUT2D eigenvalue weighted by molar-refractivity contribution is -0.300.